The third-order valence-electron chi connectivity index (χ3n) is 4.03. The third-order valence-corrected chi connectivity index (χ3v) is 4.03. The molecule has 136 valence electrons. The normalized spacial score (nSPS) is 12.8. The van der Waals surface area contributed by atoms with E-state index in [4.69, 9.17) is 4.74 Å². The zero-order valence-corrected chi connectivity index (χ0v) is 15.6. The maximum Gasteiger partial charge on any atom is 0.191 e. The number of nitrogens with zero attached hydrogens (tertiary/aromatic N) is 1. The largest absolute Gasteiger partial charge is 0.496 e. The van der Waals surface area contributed by atoms with Crippen LogP contribution in [0, 0.1) is 12.8 Å². The molecule has 1 rings (SSSR count). The highest BCUT2D eigenvalue weighted by Gasteiger charge is 2.08. The van der Waals surface area contributed by atoms with Gasteiger partial charge >= 0.3 is 0 Å². The van der Waals surface area contributed by atoms with Crippen molar-refractivity contribution in [2.24, 2.45) is 10.9 Å². The van der Waals surface area contributed by atoms with Gasteiger partial charge in [-0.2, -0.15) is 0 Å². The molecule has 0 spiro atoms. The van der Waals surface area contributed by atoms with Gasteiger partial charge < -0.3 is 20.5 Å². The van der Waals surface area contributed by atoms with Gasteiger partial charge in [0, 0.05) is 19.7 Å². The average molecular weight is 335 g/mol. The maximum atomic E-state index is 9.17. The predicted molar refractivity (Wildman–Crippen MR) is 101 cm³/mol. The summed E-state index contributed by atoms with van der Waals surface area (Å²) in [5, 5.41) is 15.8. The van der Waals surface area contributed by atoms with Crippen molar-refractivity contribution in [2.75, 3.05) is 26.8 Å². The molecule has 5 nitrogen and oxygen atoms in total. The van der Waals surface area contributed by atoms with Crippen molar-refractivity contribution in [1.82, 2.24) is 10.6 Å². The Morgan fingerprint density at radius 3 is 2.67 bits per heavy atom. The fourth-order valence-corrected chi connectivity index (χ4v) is 2.66. The van der Waals surface area contributed by atoms with Crippen LogP contribution in [-0.4, -0.2) is 37.9 Å². The number of hydrogen-bond acceptors (Lipinski definition) is 3. The van der Waals surface area contributed by atoms with Crippen LogP contribution in [0.25, 0.3) is 0 Å². The molecule has 1 aromatic rings. The molecule has 3 N–H and O–H groups in total. The zero-order valence-electron chi connectivity index (χ0n) is 15.6. The molecular formula is C19H33N3O2. The Balaban J connectivity index is 2.67. The molecule has 0 heterocycles. The van der Waals surface area contributed by atoms with Crippen LogP contribution in [0.3, 0.4) is 0 Å². The Kier molecular flexibility index (Phi) is 9.92. The first kappa shape index (κ1) is 20.3. The molecule has 0 aliphatic heterocycles. The monoisotopic (exact) mass is 335 g/mol. The van der Waals surface area contributed by atoms with Crippen LogP contribution in [0.4, 0.5) is 0 Å². The number of benzene rings is 1. The number of aliphatic hydroxyl groups is 1. The van der Waals surface area contributed by atoms with E-state index in [1.807, 2.05) is 13.0 Å². The van der Waals surface area contributed by atoms with Crippen molar-refractivity contribution in [1.29, 1.82) is 0 Å². The van der Waals surface area contributed by atoms with E-state index in [-0.39, 0.29) is 6.61 Å². The van der Waals surface area contributed by atoms with Gasteiger partial charge in [0.1, 0.15) is 5.75 Å². The number of hydrogen-bond donors (Lipinski definition) is 3. The lowest BCUT2D eigenvalue weighted by Gasteiger charge is -2.18. The van der Waals surface area contributed by atoms with Gasteiger partial charge in [-0.1, -0.05) is 25.5 Å². The van der Waals surface area contributed by atoms with Crippen LogP contribution < -0.4 is 15.4 Å². The molecular weight excluding hydrogens is 302 g/mol. The maximum absolute atomic E-state index is 9.17. The van der Waals surface area contributed by atoms with Crippen molar-refractivity contribution in [2.45, 2.75) is 46.6 Å². The molecule has 0 amide bonds. The number of aliphatic imine (C=N–C) groups is 1. The quantitative estimate of drug-likeness (QED) is 0.454. The van der Waals surface area contributed by atoms with Crippen LogP contribution in [0.1, 0.15) is 44.2 Å². The molecule has 5 heteroatoms. The molecule has 0 saturated heterocycles. The number of aliphatic hydroxyl groups excluding tert-OH is 1. The standard InChI is InChI=1S/C19H33N3O2/c1-5-7-16(10-11-23)13-21-19(20-6-2)22-14-17-9-8-15(3)18(12-17)24-4/h8-9,12,16,23H,5-7,10-11,13-14H2,1-4H3,(H2,20,21,22). The second-order valence-corrected chi connectivity index (χ2v) is 6.05. The van der Waals surface area contributed by atoms with Crippen molar-refractivity contribution < 1.29 is 9.84 Å². The van der Waals surface area contributed by atoms with E-state index in [9.17, 15) is 5.11 Å². The lowest BCUT2D eigenvalue weighted by atomic mass is 10.0. The Labute approximate surface area is 146 Å². The van der Waals surface area contributed by atoms with E-state index in [0.29, 0.717) is 12.5 Å². The number of nitrogens with one attached hydrogen (secondary N) is 2. The SMILES string of the molecule is CCCC(CCO)CNC(=NCc1ccc(C)c(OC)c1)NCC. The van der Waals surface area contributed by atoms with E-state index < -0.39 is 0 Å². The molecule has 1 unspecified atom stereocenters. The highest BCUT2D eigenvalue weighted by atomic mass is 16.5. The number of methoxy groups -OCH3 is 1. The molecule has 0 aliphatic rings. The lowest BCUT2D eigenvalue weighted by Crippen LogP contribution is -2.40. The Hall–Kier alpha value is -1.75. The minimum Gasteiger partial charge on any atom is -0.496 e. The summed E-state index contributed by atoms with van der Waals surface area (Å²) in [6.45, 7) is 8.76. The van der Waals surface area contributed by atoms with Gasteiger partial charge in [0.05, 0.1) is 13.7 Å². The third kappa shape index (κ3) is 7.21. The molecule has 0 aromatic heterocycles. The Bertz CT molecular complexity index is 497. The number of ether oxygens (including phenoxy) is 1. The summed E-state index contributed by atoms with van der Waals surface area (Å²) in [6, 6.07) is 6.17. The molecule has 1 aromatic carbocycles. The van der Waals surface area contributed by atoms with E-state index in [1.165, 1.54) is 0 Å². The first-order valence-corrected chi connectivity index (χ1v) is 8.91. The first-order valence-electron chi connectivity index (χ1n) is 8.91. The van der Waals surface area contributed by atoms with Crippen LogP contribution in [0.5, 0.6) is 5.75 Å². The van der Waals surface area contributed by atoms with Crippen LogP contribution >= 0.6 is 0 Å². The van der Waals surface area contributed by atoms with Gasteiger partial charge in [0.2, 0.25) is 0 Å². The van der Waals surface area contributed by atoms with Gasteiger partial charge in [0.15, 0.2) is 5.96 Å². The molecule has 0 bridgehead atoms. The summed E-state index contributed by atoms with van der Waals surface area (Å²) in [6.07, 6.45) is 3.07. The van der Waals surface area contributed by atoms with E-state index in [2.05, 4.69) is 41.6 Å². The topological polar surface area (TPSA) is 65.9 Å². The lowest BCUT2D eigenvalue weighted by molar-refractivity contribution is 0.251. The summed E-state index contributed by atoms with van der Waals surface area (Å²) in [5.74, 6) is 2.19. The van der Waals surface area contributed by atoms with Crippen molar-refractivity contribution >= 4 is 5.96 Å². The molecule has 0 saturated carbocycles. The van der Waals surface area contributed by atoms with Gasteiger partial charge in [0.25, 0.3) is 0 Å². The van der Waals surface area contributed by atoms with E-state index in [1.54, 1.807) is 7.11 Å². The predicted octanol–water partition coefficient (Wildman–Crippen LogP) is 2.86. The second kappa shape index (κ2) is 11.7. The van der Waals surface area contributed by atoms with Gasteiger partial charge in [-0.15, -0.1) is 0 Å². The minimum absolute atomic E-state index is 0.239. The van der Waals surface area contributed by atoms with Crippen molar-refractivity contribution in [3.63, 3.8) is 0 Å². The van der Waals surface area contributed by atoms with Gasteiger partial charge in [-0.25, -0.2) is 4.99 Å². The smallest absolute Gasteiger partial charge is 0.191 e. The van der Waals surface area contributed by atoms with Crippen molar-refractivity contribution in [3.8, 4) is 5.75 Å². The van der Waals surface area contributed by atoms with E-state index >= 15 is 0 Å². The summed E-state index contributed by atoms with van der Waals surface area (Å²) in [4.78, 5) is 4.66. The van der Waals surface area contributed by atoms with Gasteiger partial charge in [-0.3, -0.25) is 0 Å². The molecule has 24 heavy (non-hydrogen) atoms. The number of aryl methyl sites for hydroxylation is 1. The van der Waals surface area contributed by atoms with Crippen LogP contribution in [-0.2, 0) is 6.54 Å². The number of guanidine groups is 1. The summed E-state index contributed by atoms with van der Waals surface area (Å²) in [7, 11) is 1.69. The zero-order chi connectivity index (χ0) is 17.8. The summed E-state index contributed by atoms with van der Waals surface area (Å²) >= 11 is 0. The first-order chi connectivity index (χ1) is 11.6. The van der Waals surface area contributed by atoms with E-state index in [0.717, 1.165) is 55.2 Å². The molecule has 0 fully saturated rings. The molecule has 0 radical (unpaired) electrons. The fraction of sp³-hybridized carbons (Fsp3) is 0.632. The molecule has 0 aliphatic carbocycles. The summed E-state index contributed by atoms with van der Waals surface area (Å²) < 4.78 is 5.37. The van der Waals surface area contributed by atoms with Gasteiger partial charge in [-0.05, 0) is 49.8 Å². The minimum atomic E-state index is 0.239. The summed E-state index contributed by atoms with van der Waals surface area (Å²) in [5.41, 5.74) is 2.25. The Morgan fingerprint density at radius 1 is 1.25 bits per heavy atom. The fourth-order valence-electron chi connectivity index (χ4n) is 2.66. The highest BCUT2D eigenvalue weighted by molar-refractivity contribution is 5.79. The van der Waals surface area contributed by atoms with Crippen molar-refractivity contribution in [3.05, 3.63) is 29.3 Å². The van der Waals surface area contributed by atoms with Crippen LogP contribution in [0.2, 0.25) is 0 Å². The Morgan fingerprint density at radius 2 is 2.04 bits per heavy atom. The highest BCUT2D eigenvalue weighted by Crippen LogP contribution is 2.19. The second-order valence-electron chi connectivity index (χ2n) is 6.05. The molecule has 1 atom stereocenters. The van der Waals surface area contributed by atoms with Crippen LogP contribution in [0.15, 0.2) is 23.2 Å². The number of rotatable bonds is 10. The average Bonchev–Trinajstić information content (AvgIpc) is 2.58.